The molecular weight excluding hydrogens is 418 g/mol. The first-order chi connectivity index (χ1) is 14.6. The number of benzene rings is 3. The molecule has 0 saturated carbocycles. The van der Waals surface area contributed by atoms with Crippen molar-refractivity contribution in [3.05, 3.63) is 95.9 Å². The molecule has 0 saturated heterocycles. The van der Waals surface area contributed by atoms with Gasteiger partial charge in [0, 0.05) is 10.9 Å². The zero-order valence-electron chi connectivity index (χ0n) is 15.7. The molecule has 0 atom stereocenters. The predicted molar refractivity (Wildman–Crippen MR) is 119 cm³/mol. The molecule has 30 heavy (non-hydrogen) atoms. The lowest BCUT2D eigenvalue weighted by Gasteiger charge is -2.06. The van der Waals surface area contributed by atoms with Crippen molar-refractivity contribution in [2.75, 3.05) is 5.43 Å². The fraction of sp³-hybridized carbons (Fsp3) is 0. The highest BCUT2D eigenvalue weighted by Gasteiger charge is 2.15. The minimum absolute atomic E-state index is 0.109. The van der Waals surface area contributed by atoms with Crippen LogP contribution < -0.4 is 9.61 Å². The largest absolute Gasteiger partial charge is 0.379 e. The Morgan fingerprint density at radius 2 is 1.57 bits per heavy atom. The Morgan fingerprint density at radius 3 is 2.27 bits per heavy atom. The summed E-state index contributed by atoms with van der Waals surface area (Å²) in [5, 5.41) is 6.83. The highest BCUT2D eigenvalue weighted by Crippen LogP contribution is 2.24. The maximum absolute atomic E-state index is 12.3. The molecule has 0 unspecified atom stereocenters. The van der Waals surface area contributed by atoms with Crippen LogP contribution in [0.1, 0.15) is 5.56 Å². The van der Waals surface area contributed by atoms with Gasteiger partial charge in [-0.1, -0.05) is 48.5 Å². The van der Waals surface area contributed by atoms with E-state index in [0.717, 1.165) is 16.8 Å². The Balaban J connectivity index is 1.37. The van der Waals surface area contributed by atoms with E-state index in [1.54, 1.807) is 48.7 Å². The van der Waals surface area contributed by atoms with E-state index in [9.17, 15) is 8.42 Å². The molecule has 0 amide bonds. The van der Waals surface area contributed by atoms with Gasteiger partial charge in [-0.3, -0.25) is 5.43 Å². The maximum atomic E-state index is 12.3. The second-order valence-corrected chi connectivity index (χ2v) is 8.60. The molecule has 1 N–H and O–H groups in total. The zero-order chi connectivity index (χ0) is 20.8. The first-order valence-corrected chi connectivity index (χ1v) is 11.3. The Kier molecular flexibility index (Phi) is 5.87. The summed E-state index contributed by atoms with van der Waals surface area (Å²) in [4.78, 5) is 4.61. The number of hydrogen-bond donors (Lipinski definition) is 1. The third-order valence-corrected chi connectivity index (χ3v) is 6.07. The van der Waals surface area contributed by atoms with Gasteiger partial charge in [0.1, 0.15) is 10.6 Å². The molecule has 1 heterocycles. The number of hydrazone groups is 1. The maximum Gasteiger partial charge on any atom is 0.339 e. The Labute approximate surface area is 178 Å². The summed E-state index contributed by atoms with van der Waals surface area (Å²) in [6.07, 6.45) is 1.62. The van der Waals surface area contributed by atoms with E-state index in [1.807, 2.05) is 35.7 Å². The van der Waals surface area contributed by atoms with Crippen LogP contribution in [0.3, 0.4) is 0 Å². The third kappa shape index (κ3) is 4.91. The van der Waals surface area contributed by atoms with Gasteiger partial charge >= 0.3 is 10.1 Å². The van der Waals surface area contributed by atoms with Gasteiger partial charge in [-0.15, -0.1) is 11.3 Å². The van der Waals surface area contributed by atoms with E-state index in [-0.39, 0.29) is 10.6 Å². The molecule has 4 aromatic rings. The summed E-state index contributed by atoms with van der Waals surface area (Å²) in [7, 11) is -3.85. The molecule has 8 heteroatoms. The van der Waals surface area contributed by atoms with Crippen molar-refractivity contribution < 1.29 is 12.6 Å². The normalized spacial score (nSPS) is 11.5. The number of rotatable bonds is 7. The lowest BCUT2D eigenvalue weighted by atomic mass is 10.2. The van der Waals surface area contributed by atoms with Crippen LogP contribution in [0.4, 0.5) is 5.13 Å². The van der Waals surface area contributed by atoms with Crippen molar-refractivity contribution in [3.8, 4) is 17.0 Å². The van der Waals surface area contributed by atoms with Crippen molar-refractivity contribution >= 4 is 32.8 Å². The lowest BCUT2D eigenvalue weighted by molar-refractivity contribution is 0.486. The molecule has 0 radical (unpaired) electrons. The van der Waals surface area contributed by atoms with Crippen LogP contribution in [-0.2, 0) is 10.1 Å². The van der Waals surface area contributed by atoms with Gasteiger partial charge in [0.15, 0.2) is 0 Å². The van der Waals surface area contributed by atoms with Gasteiger partial charge in [-0.05, 0) is 42.0 Å². The van der Waals surface area contributed by atoms with Gasteiger partial charge < -0.3 is 4.18 Å². The van der Waals surface area contributed by atoms with Crippen molar-refractivity contribution in [2.24, 2.45) is 5.10 Å². The van der Waals surface area contributed by atoms with Gasteiger partial charge in [0.25, 0.3) is 0 Å². The van der Waals surface area contributed by atoms with Crippen LogP contribution in [0, 0.1) is 0 Å². The zero-order valence-corrected chi connectivity index (χ0v) is 17.3. The number of nitrogens with zero attached hydrogens (tertiary/aromatic N) is 2. The Hall–Kier alpha value is -3.49. The SMILES string of the molecule is O=S(=O)(Oc1ccc(/C=N/Nc2nc(-c3ccccc3)cs2)cc1)c1ccccc1. The van der Waals surface area contributed by atoms with E-state index in [4.69, 9.17) is 4.18 Å². The highest BCUT2D eigenvalue weighted by atomic mass is 32.2. The van der Waals surface area contributed by atoms with E-state index < -0.39 is 10.1 Å². The van der Waals surface area contributed by atoms with Gasteiger partial charge in [-0.25, -0.2) is 4.98 Å². The molecule has 6 nitrogen and oxygen atoms in total. The summed E-state index contributed by atoms with van der Waals surface area (Å²) in [5.41, 5.74) is 5.63. The molecule has 3 aromatic carbocycles. The monoisotopic (exact) mass is 435 g/mol. The van der Waals surface area contributed by atoms with Crippen LogP contribution in [0.2, 0.25) is 0 Å². The van der Waals surface area contributed by atoms with Crippen LogP contribution in [0.25, 0.3) is 11.3 Å². The number of hydrogen-bond acceptors (Lipinski definition) is 7. The fourth-order valence-corrected chi connectivity index (χ4v) is 4.22. The Bertz CT molecular complexity index is 1240. The highest BCUT2D eigenvalue weighted by molar-refractivity contribution is 7.87. The molecule has 150 valence electrons. The van der Waals surface area contributed by atoms with Gasteiger partial charge in [0.2, 0.25) is 5.13 Å². The first-order valence-electron chi connectivity index (χ1n) is 9.00. The van der Waals surface area contributed by atoms with Crippen LogP contribution >= 0.6 is 11.3 Å². The fourth-order valence-electron chi connectivity index (χ4n) is 2.60. The minimum Gasteiger partial charge on any atom is -0.379 e. The van der Waals surface area contributed by atoms with Crippen molar-refractivity contribution in [2.45, 2.75) is 4.90 Å². The molecule has 4 rings (SSSR count). The summed E-state index contributed by atoms with van der Waals surface area (Å²) in [6, 6.07) is 24.5. The second-order valence-electron chi connectivity index (χ2n) is 6.19. The molecular formula is C22H17N3O3S2. The molecule has 0 fully saturated rings. The molecule has 0 aliphatic heterocycles. The van der Waals surface area contributed by atoms with Crippen LogP contribution in [-0.4, -0.2) is 19.6 Å². The van der Waals surface area contributed by atoms with Crippen molar-refractivity contribution in [1.29, 1.82) is 0 Å². The quantitative estimate of drug-likeness (QED) is 0.250. The van der Waals surface area contributed by atoms with E-state index in [1.165, 1.54) is 23.5 Å². The number of thiazole rings is 1. The average molecular weight is 436 g/mol. The lowest BCUT2D eigenvalue weighted by Crippen LogP contribution is -2.09. The average Bonchev–Trinajstić information content (AvgIpc) is 3.25. The Morgan fingerprint density at radius 1 is 0.900 bits per heavy atom. The molecule has 0 aliphatic carbocycles. The first kappa shape index (κ1) is 19.8. The predicted octanol–water partition coefficient (Wildman–Crippen LogP) is 5.02. The van der Waals surface area contributed by atoms with Crippen molar-refractivity contribution in [3.63, 3.8) is 0 Å². The van der Waals surface area contributed by atoms with Crippen molar-refractivity contribution in [1.82, 2.24) is 4.98 Å². The summed E-state index contributed by atoms with van der Waals surface area (Å²) < 4.78 is 29.7. The smallest absolute Gasteiger partial charge is 0.339 e. The van der Waals surface area contributed by atoms with E-state index in [2.05, 4.69) is 15.5 Å². The molecule has 1 aromatic heterocycles. The third-order valence-electron chi connectivity index (χ3n) is 4.07. The topological polar surface area (TPSA) is 80.7 Å². The van der Waals surface area contributed by atoms with E-state index in [0.29, 0.717) is 5.13 Å². The van der Waals surface area contributed by atoms with E-state index >= 15 is 0 Å². The summed E-state index contributed by atoms with van der Waals surface area (Å²) >= 11 is 1.46. The van der Waals surface area contributed by atoms with Crippen LogP contribution in [0.5, 0.6) is 5.75 Å². The minimum atomic E-state index is -3.85. The molecule has 0 spiro atoms. The summed E-state index contributed by atoms with van der Waals surface area (Å²) in [5.74, 6) is 0.233. The molecule has 0 aliphatic rings. The summed E-state index contributed by atoms with van der Waals surface area (Å²) in [6.45, 7) is 0. The van der Waals surface area contributed by atoms with Crippen LogP contribution in [0.15, 0.2) is 100 Å². The molecule has 0 bridgehead atoms. The number of anilines is 1. The number of nitrogens with one attached hydrogen (secondary N) is 1. The van der Waals surface area contributed by atoms with Gasteiger partial charge in [-0.2, -0.15) is 13.5 Å². The second kappa shape index (κ2) is 8.89. The number of aromatic nitrogens is 1. The standard InChI is InChI=1S/C22H17N3O3S2/c26-30(27,20-9-5-2-6-10-20)28-19-13-11-17(12-14-19)15-23-25-22-24-21(16-29-22)18-7-3-1-4-8-18/h1-16H,(H,24,25)/b23-15+. The van der Waals surface area contributed by atoms with Gasteiger partial charge in [0.05, 0.1) is 11.9 Å².